The molecule has 6 heteroatoms. The number of nitrogens with one attached hydrogen (secondary N) is 2. The van der Waals surface area contributed by atoms with Gasteiger partial charge in [-0.1, -0.05) is 18.0 Å². The minimum Gasteiger partial charge on any atom is -0.345 e. The Morgan fingerprint density at radius 2 is 2.10 bits per heavy atom. The van der Waals surface area contributed by atoms with E-state index in [1.165, 1.54) is 4.90 Å². The molecule has 1 aromatic carbocycles. The molecule has 1 aromatic rings. The van der Waals surface area contributed by atoms with Crippen molar-refractivity contribution in [1.82, 2.24) is 10.2 Å². The average Bonchev–Trinajstić information content (AvgIpc) is 2.47. The van der Waals surface area contributed by atoms with E-state index in [-0.39, 0.29) is 17.9 Å². The second kappa shape index (κ2) is 6.91. The molecule has 1 aliphatic heterocycles. The summed E-state index contributed by atoms with van der Waals surface area (Å²) in [5.41, 5.74) is 0.895. The molecule has 1 aliphatic rings. The largest absolute Gasteiger partial charge is 0.345 e. The van der Waals surface area contributed by atoms with Gasteiger partial charge in [0.25, 0.3) is 5.91 Å². The molecule has 0 bridgehead atoms. The van der Waals surface area contributed by atoms with Crippen LogP contribution in [0.4, 0.5) is 5.69 Å². The molecule has 0 radical (unpaired) electrons. The molecule has 1 heterocycles. The van der Waals surface area contributed by atoms with E-state index in [4.69, 9.17) is 11.6 Å². The zero-order valence-electron chi connectivity index (χ0n) is 12.3. The van der Waals surface area contributed by atoms with Crippen LogP contribution < -0.4 is 10.6 Å². The van der Waals surface area contributed by atoms with Crippen molar-refractivity contribution < 1.29 is 9.59 Å². The van der Waals surface area contributed by atoms with Crippen LogP contribution in [0.3, 0.4) is 0 Å². The third kappa shape index (κ3) is 3.95. The SMILES string of the molecule is CN(C)C(=O)c1ccc(Cl)cc1NC(=O)[C@H]1CCCCN1. The fourth-order valence-corrected chi connectivity index (χ4v) is 2.51. The predicted octanol–water partition coefficient (Wildman–Crippen LogP) is 2.12. The minimum atomic E-state index is -0.208. The fourth-order valence-electron chi connectivity index (χ4n) is 2.34. The minimum absolute atomic E-state index is 0.121. The Kier molecular flexibility index (Phi) is 5.20. The van der Waals surface area contributed by atoms with Crippen LogP contribution in [-0.4, -0.2) is 43.4 Å². The first kappa shape index (κ1) is 15.8. The Balaban J connectivity index is 2.19. The number of piperidine rings is 1. The standard InChI is InChI=1S/C15H20ClN3O2/c1-19(2)15(21)11-7-6-10(16)9-13(11)18-14(20)12-5-3-4-8-17-12/h6-7,9,12,17H,3-5,8H2,1-2H3,(H,18,20)/t12-/m1/s1. The molecule has 0 aliphatic carbocycles. The highest BCUT2D eigenvalue weighted by Gasteiger charge is 2.22. The van der Waals surface area contributed by atoms with E-state index in [0.29, 0.717) is 16.3 Å². The molecule has 2 rings (SSSR count). The van der Waals surface area contributed by atoms with Crippen LogP contribution in [0, 0.1) is 0 Å². The summed E-state index contributed by atoms with van der Waals surface area (Å²) in [6.07, 6.45) is 2.93. The first-order valence-corrected chi connectivity index (χ1v) is 7.42. The Morgan fingerprint density at radius 3 is 2.71 bits per heavy atom. The first-order chi connectivity index (χ1) is 9.99. The summed E-state index contributed by atoms with van der Waals surface area (Å²) in [4.78, 5) is 25.9. The number of carbonyl (C=O) groups is 2. The highest BCUT2D eigenvalue weighted by atomic mass is 35.5. The molecular formula is C15H20ClN3O2. The number of halogens is 1. The van der Waals surface area contributed by atoms with E-state index < -0.39 is 0 Å². The number of rotatable bonds is 3. The molecule has 1 saturated heterocycles. The topological polar surface area (TPSA) is 61.4 Å². The molecule has 0 unspecified atom stereocenters. The summed E-state index contributed by atoms with van der Waals surface area (Å²) in [5, 5.41) is 6.49. The normalized spacial score (nSPS) is 18.1. The molecule has 1 fully saturated rings. The van der Waals surface area contributed by atoms with Crippen molar-refractivity contribution >= 4 is 29.1 Å². The number of hydrogen-bond acceptors (Lipinski definition) is 3. The fraction of sp³-hybridized carbons (Fsp3) is 0.467. The van der Waals surface area contributed by atoms with Gasteiger partial charge in [-0.15, -0.1) is 0 Å². The van der Waals surface area contributed by atoms with Gasteiger partial charge in [-0.3, -0.25) is 9.59 Å². The molecule has 2 N–H and O–H groups in total. The van der Waals surface area contributed by atoms with E-state index in [0.717, 1.165) is 25.8 Å². The molecule has 0 saturated carbocycles. The molecule has 5 nitrogen and oxygen atoms in total. The van der Waals surface area contributed by atoms with Gasteiger partial charge in [-0.25, -0.2) is 0 Å². The Morgan fingerprint density at radius 1 is 1.33 bits per heavy atom. The number of amides is 2. The van der Waals surface area contributed by atoms with Gasteiger partial charge in [0.2, 0.25) is 5.91 Å². The summed E-state index contributed by atoms with van der Waals surface area (Å²) in [6, 6.07) is 4.68. The van der Waals surface area contributed by atoms with E-state index in [1.807, 2.05) is 0 Å². The lowest BCUT2D eigenvalue weighted by molar-refractivity contribution is -0.118. The van der Waals surface area contributed by atoms with Crippen LogP contribution in [-0.2, 0) is 4.79 Å². The van der Waals surface area contributed by atoms with Crippen LogP contribution in [0.1, 0.15) is 29.6 Å². The van der Waals surface area contributed by atoms with Crippen LogP contribution in [0.15, 0.2) is 18.2 Å². The smallest absolute Gasteiger partial charge is 0.255 e. The highest BCUT2D eigenvalue weighted by molar-refractivity contribution is 6.31. The lowest BCUT2D eigenvalue weighted by atomic mass is 10.0. The third-order valence-corrected chi connectivity index (χ3v) is 3.74. The van der Waals surface area contributed by atoms with E-state index in [1.54, 1.807) is 32.3 Å². The van der Waals surface area contributed by atoms with Gasteiger partial charge in [-0.05, 0) is 37.6 Å². The lowest BCUT2D eigenvalue weighted by Crippen LogP contribution is -2.43. The van der Waals surface area contributed by atoms with Crippen LogP contribution >= 0.6 is 11.6 Å². The maximum atomic E-state index is 12.3. The summed E-state index contributed by atoms with van der Waals surface area (Å²) >= 11 is 5.98. The van der Waals surface area contributed by atoms with Crippen molar-refractivity contribution in [2.24, 2.45) is 0 Å². The summed E-state index contributed by atoms with van der Waals surface area (Å²) < 4.78 is 0. The van der Waals surface area contributed by atoms with Gasteiger partial charge >= 0.3 is 0 Å². The number of benzene rings is 1. The van der Waals surface area contributed by atoms with Crippen LogP contribution in [0.25, 0.3) is 0 Å². The molecule has 114 valence electrons. The second-order valence-electron chi connectivity index (χ2n) is 5.38. The van der Waals surface area contributed by atoms with Gasteiger partial charge in [0.1, 0.15) is 0 Å². The van der Waals surface area contributed by atoms with Gasteiger partial charge in [0, 0.05) is 19.1 Å². The van der Waals surface area contributed by atoms with Crippen molar-refractivity contribution in [3.8, 4) is 0 Å². The Hall–Kier alpha value is -1.59. The van der Waals surface area contributed by atoms with Crippen molar-refractivity contribution in [2.45, 2.75) is 25.3 Å². The molecule has 21 heavy (non-hydrogen) atoms. The van der Waals surface area contributed by atoms with Crippen molar-refractivity contribution in [2.75, 3.05) is 26.0 Å². The molecule has 0 aromatic heterocycles. The van der Waals surface area contributed by atoms with Crippen molar-refractivity contribution in [3.05, 3.63) is 28.8 Å². The Bertz CT molecular complexity index is 540. The number of carbonyl (C=O) groups excluding carboxylic acids is 2. The summed E-state index contributed by atoms with van der Waals surface area (Å²) in [7, 11) is 3.34. The summed E-state index contributed by atoms with van der Waals surface area (Å²) in [5.74, 6) is -0.289. The number of anilines is 1. The van der Waals surface area contributed by atoms with E-state index in [2.05, 4.69) is 10.6 Å². The molecule has 0 spiro atoms. The molecular weight excluding hydrogens is 290 g/mol. The average molecular weight is 310 g/mol. The maximum absolute atomic E-state index is 12.3. The van der Waals surface area contributed by atoms with Crippen molar-refractivity contribution in [3.63, 3.8) is 0 Å². The van der Waals surface area contributed by atoms with E-state index >= 15 is 0 Å². The zero-order valence-corrected chi connectivity index (χ0v) is 13.0. The predicted molar refractivity (Wildman–Crippen MR) is 83.7 cm³/mol. The highest BCUT2D eigenvalue weighted by Crippen LogP contribution is 2.23. The van der Waals surface area contributed by atoms with Gasteiger partial charge < -0.3 is 15.5 Å². The second-order valence-corrected chi connectivity index (χ2v) is 5.82. The zero-order chi connectivity index (χ0) is 15.4. The monoisotopic (exact) mass is 309 g/mol. The number of nitrogens with zero attached hydrogens (tertiary/aromatic N) is 1. The van der Waals surface area contributed by atoms with Crippen LogP contribution in [0.5, 0.6) is 0 Å². The van der Waals surface area contributed by atoms with Crippen LogP contribution in [0.2, 0.25) is 5.02 Å². The Labute approximate surface area is 129 Å². The first-order valence-electron chi connectivity index (χ1n) is 7.04. The van der Waals surface area contributed by atoms with Crippen molar-refractivity contribution in [1.29, 1.82) is 0 Å². The van der Waals surface area contributed by atoms with E-state index in [9.17, 15) is 9.59 Å². The lowest BCUT2D eigenvalue weighted by Gasteiger charge is -2.23. The van der Waals surface area contributed by atoms with Gasteiger partial charge in [-0.2, -0.15) is 0 Å². The number of hydrogen-bond donors (Lipinski definition) is 2. The van der Waals surface area contributed by atoms with Gasteiger partial charge in [0.15, 0.2) is 0 Å². The maximum Gasteiger partial charge on any atom is 0.255 e. The third-order valence-electron chi connectivity index (χ3n) is 3.50. The molecule has 2 amide bonds. The van der Waals surface area contributed by atoms with Gasteiger partial charge in [0.05, 0.1) is 17.3 Å². The molecule has 1 atom stereocenters. The quantitative estimate of drug-likeness (QED) is 0.899. The summed E-state index contributed by atoms with van der Waals surface area (Å²) in [6.45, 7) is 0.844.